The highest BCUT2D eigenvalue weighted by atomic mass is 35.5. The van der Waals surface area contributed by atoms with Crippen molar-refractivity contribution in [2.75, 3.05) is 21.3 Å². The molecule has 21 heavy (non-hydrogen) atoms. The lowest BCUT2D eigenvalue weighted by Crippen LogP contribution is -1.96. The Morgan fingerprint density at radius 2 is 1.86 bits per heavy atom. The fraction of sp³-hybridized carbons (Fsp3) is 0.231. The average Bonchev–Trinajstić information content (AvgIpc) is 2.95. The summed E-state index contributed by atoms with van der Waals surface area (Å²) in [6.07, 6.45) is 0. The Morgan fingerprint density at radius 1 is 1.19 bits per heavy atom. The van der Waals surface area contributed by atoms with E-state index in [9.17, 15) is 4.79 Å². The minimum absolute atomic E-state index is 0.148. The standard InChI is InChI=1S/C13H12ClNO6/c1-18-7-5-9(19-2)12(20-3)11(14)10(7)8-4-6(13(16)17)15-21-8/h4-5H,1-3H3,(H,16,17). The molecule has 0 spiro atoms. The Kier molecular flexibility index (Phi) is 4.23. The van der Waals surface area contributed by atoms with E-state index in [0.717, 1.165) is 0 Å². The Hall–Kier alpha value is -2.41. The average molecular weight is 314 g/mol. The zero-order chi connectivity index (χ0) is 15.6. The van der Waals surface area contributed by atoms with E-state index in [1.54, 1.807) is 6.07 Å². The van der Waals surface area contributed by atoms with E-state index in [-0.39, 0.29) is 22.2 Å². The van der Waals surface area contributed by atoms with Crippen LogP contribution in [0.3, 0.4) is 0 Å². The number of carboxylic acid groups (broad SMARTS) is 1. The number of ether oxygens (including phenoxy) is 3. The Bertz CT molecular complexity index is 682. The molecule has 0 aliphatic heterocycles. The van der Waals surface area contributed by atoms with E-state index in [1.165, 1.54) is 27.4 Å². The monoisotopic (exact) mass is 313 g/mol. The molecule has 1 aromatic heterocycles. The van der Waals surface area contributed by atoms with Crippen LogP contribution >= 0.6 is 11.6 Å². The molecule has 0 atom stereocenters. The summed E-state index contributed by atoms with van der Waals surface area (Å²) >= 11 is 6.28. The van der Waals surface area contributed by atoms with E-state index < -0.39 is 5.97 Å². The summed E-state index contributed by atoms with van der Waals surface area (Å²) in [5, 5.41) is 12.5. The second-order valence-electron chi connectivity index (χ2n) is 3.88. The van der Waals surface area contributed by atoms with Crippen LogP contribution in [-0.4, -0.2) is 37.6 Å². The zero-order valence-corrected chi connectivity index (χ0v) is 12.2. The molecule has 8 heteroatoms. The lowest BCUT2D eigenvalue weighted by Gasteiger charge is -2.15. The van der Waals surface area contributed by atoms with E-state index in [2.05, 4.69) is 5.16 Å². The van der Waals surface area contributed by atoms with E-state index >= 15 is 0 Å². The number of carboxylic acids is 1. The fourth-order valence-electron chi connectivity index (χ4n) is 1.81. The van der Waals surface area contributed by atoms with E-state index in [0.29, 0.717) is 17.1 Å². The molecule has 112 valence electrons. The first kappa shape index (κ1) is 15.0. The second-order valence-corrected chi connectivity index (χ2v) is 4.26. The van der Waals surface area contributed by atoms with Crippen molar-refractivity contribution < 1.29 is 28.6 Å². The number of hydrogen-bond donors (Lipinski definition) is 1. The summed E-state index contributed by atoms with van der Waals surface area (Å²) in [6.45, 7) is 0. The molecule has 7 nitrogen and oxygen atoms in total. The minimum Gasteiger partial charge on any atom is -0.496 e. The molecule has 0 amide bonds. The fourth-order valence-corrected chi connectivity index (χ4v) is 2.17. The third-order valence-electron chi connectivity index (χ3n) is 2.77. The van der Waals surface area contributed by atoms with E-state index in [4.69, 9.17) is 35.4 Å². The minimum atomic E-state index is -1.21. The van der Waals surface area contributed by atoms with Crippen LogP contribution in [0.1, 0.15) is 10.5 Å². The number of benzene rings is 1. The number of rotatable bonds is 5. The maximum absolute atomic E-state index is 10.9. The molecule has 0 aliphatic carbocycles. The van der Waals surface area contributed by atoms with Gasteiger partial charge in [-0.15, -0.1) is 0 Å². The van der Waals surface area contributed by atoms with Crippen LogP contribution in [0.25, 0.3) is 11.3 Å². The zero-order valence-electron chi connectivity index (χ0n) is 11.5. The van der Waals surface area contributed by atoms with Crippen molar-refractivity contribution >= 4 is 17.6 Å². The summed E-state index contributed by atoms with van der Waals surface area (Å²) in [5.74, 6) is -0.0641. The summed E-state index contributed by atoms with van der Waals surface area (Å²) in [4.78, 5) is 10.9. The summed E-state index contributed by atoms with van der Waals surface area (Å²) in [7, 11) is 4.34. The highest BCUT2D eigenvalue weighted by Gasteiger charge is 2.24. The number of hydrogen-bond acceptors (Lipinski definition) is 6. The Balaban J connectivity index is 2.68. The number of carbonyl (C=O) groups is 1. The van der Waals surface area contributed by atoms with Crippen LogP contribution in [0.4, 0.5) is 0 Å². The lowest BCUT2D eigenvalue weighted by molar-refractivity contribution is 0.0686. The van der Waals surface area contributed by atoms with Gasteiger partial charge in [0.25, 0.3) is 0 Å². The molecule has 2 aromatic rings. The highest BCUT2D eigenvalue weighted by Crippen LogP contribution is 2.47. The van der Waals surface area contributed by atoms with Crippen LogP contribution in [0.15, 0.2) is 16.7 Å². The van der Waals surface area contributed by atoms with Crippen molar-refractivity contribution in [1.29, 1.82) is 0 Å². The smallest absolute Gasteiger partial charge is 0.358 e. The second kappa shape index (κ2) is 5.92. The largest absolute Gasteiger partial charge is 0.496 e. The number of nitrogens with zero attached hydrogens (tertiary/aromatic N) is 1. The van der Waals surface area contributed by atoms with Gasteiger partial charge in [0.2, 0.25) is 0 Å². The van der Waals surface area contributed by atoms with Gasteiger partial charge < -0.3 is 23.8 Å². The first-order chi connectivity index (χ1) is 10.0. The number of halogens is 1. The molecule has 0 fully saturated rings. The Morgan fingerprint density at radius 3 is 2.33 bits per heavy atom. The van der Waals surface area contributed by atoms with Gasteiger partial charge in [-0.2, -0.15) is 0 Å². The molecule has 1 aromatic carbocycles. The van der Waals surface area contributed by atoms with Crippen LogP contribution in [0.5, 0.6) is 17.2 Å². The van der Waals surface area contributed by atoms with Crippen molar-refractivity contribution in [2.45, 2.75) is 0 Å². The van der Waals surface area contributed by atoms with Crippen molar-refractivity contribution in [1.82, 2.24) is 5.16 Å². The number of methoxy groups -OCH3 is 3. The number of aromatic nitrogens is 1. The van der Waals surface area contributed by atoms with Gasteiger partial charge >= 0.3 is 5.97 Å². The van der Waals surface area contributed by atoms with Crippen LogP contribution in [-0.2, 0) is 0 Å². The van der Waals surface area contributed by atoms with Gasteiger partial charge in [-0.3, -0.25) is 0 Å². The van der Waals surface area contributed by atoms with Gasteiger partial charge in [0.1, 0.15) is 10.8 Å². The van der Waals surface area contributed by atoms with Gasteiger partial charge in [0.05, 0.1) is 26.9 Å². The molecule has 1 N–H and O–H groups in total. The van der Waals surface area contributed by atoms with Crippen molar-refractivity contribution in [3.63, 3.8) is 0 Å². The molecule has 1 heterocycles. The van der Waals surface area contributed by atoms with Crippen molar-refractivity contribution in [3.05, 3.63) is 22.8 Å². The maximum Gasteiger partial charge on any atom is 0.358 e. The van der Waals surface area contributed by atoms with Gasteiger partial charge in [-0.1, -0.05) is 16.8 Å². The van der Waals surface area contributed by atoms with Crippen molar-refractivity contribution in [3.8, 4) is 28.6 Å². The molecule has 0 saturated carbocycles. The normalized spacial score (nSPS) is 10.3. The molecule has 0 radical (unpaired) electrons. The molecule has 2 rings (SSSR count). The highest BCUT2D eigenvalue weighted by molar-refractivity contribution is 6.35. The van der Waals surface area contributed by atoms with E-state index in [1.807, 2.05) is 0 Å². The van der Waals surface area contributed by atoms with Crippen molar-refractivity contribution in [2.24, 2.45) is 0 Å². The SMILES string of the molecule is COc1cc(OC)c(-c2cc(C(=O)O)no2)c(Cl)c1OC. The Labute approximate surface area is 125 Å². The summed E-state index contributed by atoms with van der Waals surface area (Å²) in [6, 6.07) is 2.81. The van der Waals surface area contributed by atoms with Crippen LogP contribution in [0.2, 0.25) is 5.02 Å². The molecule has 0 aliphatic rings. The third-order valence-corrected chi connectivity index (χ3v) is 3.13. The van der Waals surface area contributed by atoms with Crippen LogP contribution in [0, 0.1) is 0 Å². The molecule has 0 saturated heterocycles. The molecule has 0 bridgehead atoms. The predicted molar refractivity (Wildman–Crippen MR) is 73.6 cm³/mol. The first-order valence-corrected chi connectivity index (χ1v) is 6.10. The van der Waals surface area contributed by atoms with Crippen LogP contribution < -0.4 is 14.2 Å². The summed E-state index contributed by atoms with van der Waals surface area (Å²) < 4.78 is 20.6. The molecular formula is C13H12ClNO6. The van der Waals surface area contributed by atoms with Gasteiger partial charge in [0, 0.05) is 12.1 Å². The lowest BCUT2D eigenvalue weighted by atomic mass is 10.1. The quantitative estimate of drug-likeness (QED) is 0.907. The molecular weight excluding hydrogens is 302 g/mol. The topological polar surface area (TPSA) is 91.0 Å². The van der Waals surface area contributed by atoms with Gasteiger partial charge in [-0.05, 0) is 0 Å². The van der Waals surface area contributed by atoms with Gasteiger partial charge in [-0.25, -0.2) is 4.79 Å². The maximum atomic E-state index is 10.9. The first-order valence-electron chi connectivity index (χ1n) is 5.72. The number of aromatic carboxylic acids is 1. The molecule has 0 unspecified atom stereocenters. The van der Waals surface area contributed by atoms with Gasteiger partial charge in [0.15, 0.2) is 23.0 Å². The predicted octanol–water partition coefficient (Wildman–Crippen LogP) is 2.72. The third kappa shape index (κ3) is 2.59. The summed E-state index contributed by atoms with van der Waals surface area (Å²) in [5.41, 5.74) is 0.0923.